The third-order valence-electron chi connectivity index (χ3n) is 4.29. The zero-order valence-electron chi connectivity index (χ0n) is 13.1. The van der Waals surface area contributed by atoms with Gasteiger partial charge in [0.05, 0.1) is 29.7 Å². The first-order valence-corrected chi connectivity index (χ1v) is 9.65. The molecule has 2 aliphatic heterocycles. The Morgan fingerprint density at radius 3 is 2.48 bits per heavy atom. The number of nitrogens with zero attached hydrogens (tertiary/aromatic N) is 1. The molecule has 10 heteroatoms. The van der Waals surface area contributed by atoms with E-state index in [0.717, 1.165) is 22.9 Å². The maximum atomic E-state index is 13.3. The Balaban J connectivity index is 2.03. The second-order valence-electron chi connectivity index (χ2n) is 5.93. The van der Waals surface area contributed by atoms with Gasteiger partial charge in [-0.3, -0.25) is 0 Å². The van der Waals surface area contributed by atoms with Crippen molar-refractivity contribution in [3.63, 3.8) is 0 Å². The lowest BCUT2D eigenvalue weighted by atomic mass is 10.0. The van der Waals surface area contributed by atoms with Crippen molar-refractivity contribution in [3.8, 4) is 0 Å². The third-order valence-corrected chi connectivity index (χ3v) is 6.51. The van der Waals surface area contributed by atoms with Gasteiger partial charge in [-0.15, -0.1) is 0 Å². The van der Waals surface area contributed by atoms with Gasteiger partial charge in [0.15, 0.2) is 6.29 Å². The molecule has 2 aliphatic rings. The summed E-state index contributed by atoms with van der Waals surface area (Å²) in [5, 5.41) is -0.177. The predicted molar refractivity (Wildman–Crippen MR) is 83.7 cm³/mol. The summed E-state index contributed by atoms with van der Waals surface area (Å²) in [6.07, 6.45) is -3.79. The topological polar surface area (TPSA) is 55.8 Å². The summed E-state index contributed by atoms with van der Waals surface area (Å²) >= 11 is 5.64. The lowest BCUT2D eigenvalue weighted by Gasteiger charge is -2.37. The maximum absolute atomic E-state index is 13.3. The Morgan fingerprint density at radius 2 is 1.84 bits per heavy atom. The van der Waals surface area contributed by atoms with Crippen LogP contribution in [0, 0.1) is 0 Å². The number of ether oxygens (including phenoxy) is 2. The zero-order valence-corrected chi connectivity index (χ0v) is 14.7. The standard InChI is InChI=1S/C15H17ClF3NO4S/c16-10-4-5-13(11(9-10)15(17,18)19)25(21,22)20-6-2-1-3-12(20)14-23-7-8-24-14/h4-5,9,12,14H,1-3,6-8H2. The molecule has 1 aromatic rings. The van der Waals surface area contributed by atoms with E-state index in [1.54, 1.807) is 0 Å². The van der Waals surface area contributed by atoms with Crippen molar-refractivity contribution in [2.45, 2.75) is 42.7 Å². The summed E-state index contributed by atoms with van der Waals surface area (Å²) in [5.41, 5.74) is -1.27. The van der Waals surface area contributed by atoms with Gasteiger partial charge in [-0.2, -0.15) is 17.5 Å². The van der Waals surface area contributed by atoms with Crippen LogP contribution in [0.2, 0.25) is 5.02 Å². The van der Waals surface area contributed by atoms with Crippen molar-refractivity contribution in [1.82, 2.24) is 4.31 Å². The van der Waals surface area contributed by atoms with E-state index in [0.29, 0.717) is 32.1 Å². The highest BCUT2D eigenvalue weighted by Crippen LogP contribution is 2.38. The first kappa shape index (κ1) is 18.9. The van der Waals surface area contributed by atoms with Gasteiger partial charge in [0.2, 0.25) is 10.0 Å². The molecule has 1 unspecified atom stereocenters. The molecular formula is C15H17ClF3NO4S. The van der Waals surface area contributed by atoms with Crippen LogP contribution in [0.4, 0.5) is 13.2 Å². The molecule has 25 heavy (non-hydrogen) atoms. The van der Waals surface area contributed by atoms with Crippen molar-refractivity contribution in [2.24, 2.45) is 0 Å². The molecule has 1 aromatic carbocycles. The Labute approximate surface area is 148 Å². The summed E-state index contributed by atoms with van der Waals surface area (Å²) in [6, 6.07) is 2.04. The molecule has 2 saturated heterocycles. The van der Waals surface area contributed by atoms with Crippen molar-refractivity contribution >= 4 is 21.6 Å². The van der Waals surface area contributed by atoms with Crippen LogP contribution in [0.15, 0.2) is 23.1 Å². The average Bonchev–Trinajstić information content (AvgIpc) is 3.08. The highest BCUT2D eigenvalue weighted by atomic mass is 35.5. The molecule has 140 valence electrons. The van der Waals surface area contributed by atoms with E-state index in [1.165, 1.54) is 0 Å². The van der Waals surface area contributed by atoms with Crippen molar-refractivity contribution in [3.05, 3.63) is 28.8 Å². The number of hydrogen-bond acceptors (Lipinski definition) is 4. The summed E-state index contributed by atoms with van der Waals surface area (Å²) in [5.74, 6) is 0. The van der Waals surface area contributed by atoms with Gasteiger partial charge in [-0.05, 0) is 31.0 Å². The first-order valence-electron chi connectivity index (χ1n) is 7.83. The zero-order chi connectivity index (χ0) is 18.2. The van der Waals surface area contributed by atoms with Crippen molar-refractivity contribution in [2.75, 3.05) is 19.8 Å². The summed E-state index contributed by atoms with van der Waals surface area (Å²) in [4.78, 5) is -0.797. The molecule has 0 saturated carbocycles. The average molecular weight is 400 g/mol. The molecular weight excluding hydrogens is 383 g/mol. The second kappa shape index (κ2) is 7.03. The van der Waals surface area contributed by atoms with Gasteiger partial charge in [0.1, 0.15) is 0 Å². The molecule has 0 radical (unpaired) electrons. The minimum Gasteiger partial charge on any atom is -0.349 e. The normalized spacial score (nSPS) is 23.9. The minimum atomic E-state index is -4.83. The Morgan fingerprint density at radius 1 is 1.16 bits per heavy atom. The molecule has 0 aliphatic carbocycles. The summed E-state index contributed by atoms with van der Waals surface area (Å²) in [6.45, 7) is 0.795. The monoisotopic (exact) mass is 399 g/mol. The van der Waals surface area contributed by atoms with Crippen LogP contribution in [-0.2, 0) is 25.7 Å². The molecule has 0 N–H and O–H groups in total. The van der Waals surface area contributed by atoms with E-state index in [2.05, 4.69) is 0 Å². The van der Waals surface area contributed by atoms with Crippen molar-refractivity contribution < 1.29 is 31.1 Å². The van der Waals surface area contributed by atoms with Crippen LogP contribution in [0.5, 0.6) is 0 Å². The SMILES string of the molecule is O=S(=O)(c1ccc(Cl)cc1C(F)(F)F)N1CCCCC1C1OCCO1. The number of benzene rings is 1. The van der Waals surface area contributed by atoms with Crippen LogP contribution >= 0.6 is 11.6 Å². The molecule has 3 rings (SSSR count). The van der Waals surface area contributed by atoms with Crippen LogP contribution in [-0.4, -0.2) is 44.8 Å². The molecule has 0 bridgehead atoms. The lowest BCUT2D eigenvalue weighted by Crippen LogP contribution is -2.50. The van der Waals surface area contributed by atoms with E-state index >= 15 is 0 Å². The molecule has 0 aromatic heterocycles. The Kier molecular flexibility index (Phi) is 5.32. The van der Waals surface area contributed by atoms with Crippen LogP contribution < -0.4 is 0 Å². The summed E-state index contributed by atoms with van der Waals surface area (Å²) < 4.78 is 77.9. The van der Waals surface area contributed by atoms with E-state index in [9.17, 15) is 21.6 Å². The Hall–Kier alpha value is -0.870. The maximum Gasteiger partial charge on any atom is 0.417 e. The fraction of sp³-hybridized carbons (Fsp3) is 0.600. The van der Waals surface area contributed by atoms with Gasteiger partial charge >= 0.3 is 6.18 Å². The number of alkyl halides is 3. The quantitative estimate of drug-likeness (QED) is 0.782. The molecule has 0 amide bonds. The molecule has 1 atom stereocenters. The van der Waals surface area contributed by atoms with Gasteiger partial charge in [0.25, 0.3) is 0 Å². The van der Waals surface area contributed by atoms with Gasteiger partial charge < -0.3 is 9.47 Å². The molecule has 2 heterocycles. The first-order chi connectivity index (χ1) is 11.7. The number of rotatable bonds is 3. The van der Waals surface area contributed by atoms with Gasteiger partial charge in [0, 0.05) is 11.6 Å². The Bertz CT molecular complexity index is 735. The fourth-order valence-corrected chi connectivity index (χ4v) is 5.22. The minimum absolute atomic E-state index is 0.121. The largest absolute Gasteiger partial charge is 0.417 e. The van der Waals surface area contributed by atoms with Crippen LogP contribution in [0.3, 0.4) is 0 Å². The smallest absolute Gasteiger partial charge is 0.349 e. The lowest BCUT2D eigenvalue weighted by molar-refractivity contribution is -0.140. The van der Waals surface area contributed by atoms with E-state index in [4.69, 9.17) is 21.1 Å². The van der Waals surface area contributed by atoms with Gasteiger partial charge in [-0.1, -0.05) is 18.0 Å². The number of piperidine rings is 1. The molecule has 2 fully saturated rings. The van der Waals surface area contributed by atoms with Gasteiger partial charge in [-0.25, -0.2) is 8.42 Å². The number of halogens is 4. The summed E-state index contributed by atoms with van der Waals surface area (Å²) in [7, 11) is -4.38. The third kappa shape index (κ3) is 3.80. The van der Waals surface area contributed by atoms with Crippen LogP contribution in [0.1, 0.15) is 24.8 Å². The van der Waals surface area contributed by atoms with E-state index < -0.39 is 39.0 Å². The second-order valence-corrected chi connectivity index (χ2v) is 8.22. The molecule has 5 nitrogen and oxygen atoms in total. The number of sulfonamides is 1. The highest BCUT2D eigenvalue weighted by molar-refractivity contribution is 7.89. The van der Waals surface area contributed by atoms with E-state index in [1.807, 2.05) is 0 Å². The molecule has 0 spiro atoms. The van der Waals surface area contributed by atoms with E-state index in [-0.39, 0.29) is 11.6 Å². The number of hydrogen-bond donors (Lipinski definition) is 0. The fourth-order valence-electron chi connectivity index (χ4n) is 3.17. The predicted octanol–water partition coefficient (Wildman–Crippen LogP) is 3.27. The van der Waals surface area contributed by atoms with Crippen LogP contribution in [0.25, 0.3) is 0 Å². The van der Waals surface area contributed by atoms with Crippen molar-refractivity contribution in [1.29, 1.82) is 0 Å². The highest BCUT2D eigenvalue weighted by Gasteiger charge is 2.44.